The minimum absolute atomic E-state index is 0.169. The summed E-state index contributed by atoms with van der Waals surface area (Å²) in [5, 5.41) is 30.3. The van der Waals surface area contributed by atoms with Crippen molar-refractivity contribution in [2.24, 2.45) is 0 Å². The Morgan fingerprint density at radius 3 is 2.17 bits per heavy atom. The maximum absolute atomic E-state index is 11.1. The average molecular weight is 487 g/mol. The van der Waals surface area contributed by atoms with Gasteiger partial charge in [-0.15, -0.1) is 0 Å². The quantitative estimate of drug-likeness (QED) is 0.375. The molecule has 0 unspecified atom stereocenters. The molecule has 0 bridgehead atoms. The number of fused-ring (bicyclic) bond motifs is 1. The van der Waals surface area contributed by atoms with E-state index in [-0.39, 0.29) is 6.04 Å². The summed E-state index contributed by atoms with van der Waals surface area (Å²) in [6.07, 6.45) is 0.0201. The molecule has 35 heavy (non-hydrogen) atoms. The molecule has 9 nitrogen and oxygen atoms in total. The molecule has 9 heteroatoms. The smallest absolute Gasteiger partial charge is 0.328 e. The summed E-state index contributed by atoms with van der Waals surface area (Å²) in [6, 6.07) is 15.5. The molecule has 3 atom stereocenters. The lowest BCUT2D eigenvalue weighted by atomic mass is 9.90. The lowest BCUT2D eigenvalue weighted by Gasteiger charge is -2.38. The van der Waals surface area contributed by atoms with E-state index in [1.807, 2.05) is 48.5 Å². The van der Waals surface area contributed by atoms with Gasteiger partial charge >= 0.3 is 11.9 Å². The van der Waals surface area contributed by atoms with Gasteiger partial charge in [0.15, 0.2) is 6.10 Å². The first-order valence-corrected chi connectivity index (χ1v) is 11.5. The highest BCUT2D eigenvalue weighted by molar-refractivity contribution is 5.89. The van der Waals surface area contributed by atoms with E-state index in [9.17, 15) is 14.7 Å². The molecule has 190 valence electrons. The van der Waals surface area contributed by atoms with Crippen molar-refractivity contribution in [1.82, 2.24) is 10.2 Å². The number of nitrogens with one attached hydrogen (secondary N) is 1. The van der Waals surface area contributed by atoms with Gasteiger partial charge in [0.25, 0.3) is 0 Å². The topological polar surface area (TPSA) is 129 Å². The molecule has 3 rings (SSSR count). The van der Waals surface area contributed by atoms with Crippen LogP contribution in [0.4, 0.5) is 0 Å². The van der Waals surface area contributed by atoms with E-state index >= 15 is 0 Å². The van der Waals surface area contributed by atoms with E-state index < -0.39 is 24.1 Å². The molecule has 4 N–H and O–H groups in total. The van der Waals surface area contributed by atoms with Gasteiger partial charge < -0.3 is 35.0 Å². The van der Waals surface area contributed by atoms with Crippen molar-refractivity contribution in [3.63, 3.8) is 0 Å². The van der Waals surface area contributed by atoms with Gasteiger partial charge in [0.2, 0.25) is 0 Å². The fourth-order valence-electron chi connectivity index (χ4n) is 3.76. The van der Waals surface area contributed by atoms with Gasteiger partial charge in [-0.1, -0.05) is 44.2 Å². The van der Waals surface area contributed by atoms with Crippen molar-refractivity contribution in [2.75, 3.05) is 33.3 Å². The second kappa shape index (κ2) is 14.1. The molecule has 0 saturated heterocycles. The number of hydrogen-bond acceptors (Lipinski definition) is 7. The Bertz CT molecular complexity index is 958. The van der Waals surface area contributed by atoms with Crippen LogP contribution < -0.4 is 14.8 Å². The highest BCUT2D eigenvalue weighted by atomic mass is 16.5. The van der Waals surface area contributed by atoms with E-state index in [1.54, 1.807) is 7.11 Å². The Morgan fingerprint density at radius 2 is 1.63 bits per heavy atom. The number of likely N-dealkylation sites (N-methyl/N-ethyl adjacent to an activating group) is 1. The zero-order chi connectivity index (χ0) is 25.8. The zero-order valence-corrected chi connectivity index (χ0v) is 20.3. The van der Waals surface area contributed by atoms with Crippen LogP contribution in [0.2, 0.25) is 0 Å². The summed E-state index contributed by atoms with van der Waals surface area (Å²) < 4.78 is 11.4. The van der Waals surface area contributed by atoms with Gasteiger partial charge in [-0.25, -0.2) is 9.59 Å². The Morgan fingerprint density at radius 1 is 1.03 bits per heavy atom. The molecule has 0 radical (unpaired) electrons. The number of aliphatic carboxylic acids is 2. The molecule has 0 aromatic heterocycles. The summed E-state index contributed by atoms with van der Waals surface area (Å²) in [4.78, 5) is 21.5. The van der Waals surface area contributed by atoms with Gasteiger partial charge in [0.05, 0.1) is 13.2 Å². The van der Waals surface area contributed by atoms with Crippen molar-refractivity contribution in [2.45, 2.75) is 32.1 Å². The van der Waals surface area contributed by atoms with Crippen LogP contribution in [0.1, 0.15) is 37.1 Å². The molecule has 0 fully saturated rings. The predicted octanol–water partition coefficient (Wildman–Crippen LogP) is 2.87. The number of carboxylic acid groups (broad SMARTS) is 2. The first kappa shape index (κ1) is 27.8. The Hall–Kier alpha value is -3.40. The largest absolute Gasteiger partial charge is 0.497 e. The third kappa shape index (κ3) is 8.40. The normalized spacial score (nSPS) is 18.8. The molecule has 1 heterocycles. The van der Waals surface area contributed by atoms with Crippen molar-refractivity contribution in [3.8, 4) is 11.5 Å². The fraction of sp³-hybridized carbons (Fsp3) is 0.385. The third-order valence-electron chi connectivity index (χ3n) is 5.66. The summed E-state index contributed by atoms with van der Waals surface area (Å²) >= 11 is 0. The van der Waals surface area contributed by atoms with Gasteiger partial charge in [0.1, 0.15) is 17.6 Å². The van der Waals surface area contributed by atoms with E-state index in [0.29, 0.717) is 12.2 Å². The molecule has 1 aliphatic heterocycles. The Labute approximate surface area is 205 Å². The number of carboxylic acids is 2. The highest BCUT2D eigenvalue weighted by Gasteiger charge is 2.37. The minimum atomic E-state index is -1.26. The monoisotopic (exact) mass is 486 g/mol. The maximum Gasteiger partial charge on any atom is 0.328 e. The van der Waals surface area contributed by atoms with Crippen molar-refractivity contribution < 1.29 is 34.4 Å². The Kier molecular flexibility index (Phi) is 11.2. The van der Waals surface area contributed by atoms with Gasteiger partial charge in [-0.2, -0.15) is 0 Å². The fourth-order valence-corrected chi connectivity index (χ4v) is 3.76. The standard InChI is InChI=1S/C22H30N2O3.C4H4O4/c1-4-24(5-2)15-14-23-20-18-8-6-7-9-19(18)27-22(21(20)25)16-10-12-17(26-3)13-11-16;5-3(6)1-2-4(7)8/h6-13,20-23,25H,4-5,14-15H2,1-3H3;1-2H,(H,5,6)(H,7,8)/b;2-1-/t20-,21+,22+;/m0./s1. The van der Waals surface area contributed by atoms with Crippen LogP contribution in [0.25, 0.3) is 0 Å². The highest BCUT2D eigenvalue weighted by Crippen LogP contribution is 2.41. The number of aliphatic hydroxyl groups excluding tert-OH is 1. The summed E-state index contributed by atoms with van der Waals surface area (Å²) in [5.41, 5.74) is 1.95. The van der Waals surface area contributed by atoms with E-state index in [1.165, 1.54) is 0 Å². The lowest BCUT2D eigenvalue weighted by Crippen LogP contribution is -2.43. The number of nitrogens with zero attached hydrogens (tertiary/aromatic N) is 1. The Balaban J connectivity index is 0.000000466. The second-order valence-electron chi connectivity index (χ2n) is 7.81. The first-order chi connectivity index (χ1) is 16.8. The van der Waals surface area contributed by atoms with Crippen molar-refractivity contribution in [3.05, 3.63) is 71.8 Å². The van der Waals surface area contributed by atoms with Crippen molar-refractivity contribution >= 4 is 11.9 Å². The molecular formula is C26H34N2O7. The molecule has 1 aliphatic rings. The number of rotatable bonds is 10. The number of ether oxygens (including phenoxy) is 2. The molecular weight excluding hydrogens is 452 g/mol. The molecule has 0 amide bonds. The summed E-state index contributed by atoms with van der Waals surface area (Å²) in [6.45, 7) is 8.16. The third-order valence-corrected chi connectivity index (χ3v) is 5.66. The van der Waals surface area contributed by atoms with Crippen LogP contribution in [-0.4, -0.2) is 71.6 Å². The zero-order valence-electron chi connectivity index (χ0n) is 20.3. The van der Waals surface area contributed by atoms with Crippen LogP contribution >= 0.6 is 0 Å². The van der Waals surface area contributed by atoms with E-state index in [2.05, 4.69) is 24.1 Å². The number of carbonyl (C=O) groups is 2. The molecule has 0 aliphatic carbocycles. The first-order valence-electron chi connectivity index (χ1n) is 11.5. The van der Waals surface area contributed by atoms with Gasteiger partial charge in [0, 0.05) is 30.8 Å². The van der Waals surface area contributed by atoms with Crippen LogP contribution in [0.15, 0.2) is 60.7 Å². The van der Waals surface area contributed by atoms with Crippen LogP contribution in [0.5, 0.6) is 11.5 Å². The SMILES string of the molecule is CCN(CC)CCN[C@H]1c2ccccc2O[C@H](c2ccc(OC)cc2)[C@@H]1O.O=C(O)/C=C\C(=O)O. The van der Waals surface area contributed by atoms with Crippen molar-refractivity contribution in [1.29, 1.82) is 0 Å². The van der Waals surface area contributed by atoms with Gasteiger partial charge in [-0.3, -0.25) is 0 Å². The maximum atomic E-state index is 11.1. The summed E-state index contributed by atoms with van der Waals surface area (Å²) in [5.74, 6) is -0.901. The molecule has 0 spiro atoms. The number of hydrogen-bond donors (Lipinski definition) is 4. The number of para-hydroxylation sites is 1. The average Bonchev–Trinajstić information content (AvgIpc) is 2.86. The van der Waals surface area contributed by atoms with E-state index in [0.717, 1.165) is 48.8 Å². The predicted molar refractivity (Wildman–Crippen MR) is 132 cm³/mol. The number of aliphatic hydroxyl groups is 1. The second-order valence-corrected chi connectivity index (χ2v) is 7.81. The molecule has 2 aromatic rings. The number of benzene rings is 2. The van der Waals surface area contributed by atoms with Crippen LogP contribution in [-0.2, 0) is 9.59 Å². The lowest BCUT2D eigenvalue weighted by molar-refractivity contribution is -0.134. The minimum Gasteiger partial charge on any atom is -0.497 e. The van der Waals surface area contributed by atoms with Crippen LogP contribution in [0, 0.1) is 0 Å². The number of methoxy groups -OCH3 is 1. The van der Waals surface area contributed by atoms with Crippen LogP contribution in [0.3, 0.4) is 0 Å². The molecule has 2 aromatic carbocycles. The van der Waals surface area contributed by atoms with E-state index in [4.69, 9.17) is 19.7 Å². The molecule has 0 saturated carbocycles. The summed E-state index contributed by atoms with van der Waals surface area (Å²) in [7, 11) is 1.65. The van der Waals surface area contributed by atoms with Gasteiger partial charge in [-0.05, 0) is 36.9 Å².